The van der Waals surface area contributed by atoms with Gasteiger partial charge in [0.15, 0.2) is 0 Å². The molecule has 1 unspecified atom stereocenters. The van der Waals surface area contributed by atoms with Gasteiger partial charge in [0.25, 0.3) is 0 Å². The summed E-state index contributed by atoms with van der Waals surface area (Å²) >= 11 is 0. The van der Waals surface area contributed by atoms with Crippen molar-refractivity contribution in [1.29, 1.82) is 0 Å². The summed E-state index contributed by atoms with van der Waals surface area (Å²) in [4.78, 5) is 47.0. The molecule has 0 spiro atoms. The maximum atomic E-state index is 11.9. The maximum absolute atomic E-state index is 11.9. The Morgan fingerprint density at radius 1 is 1.38 bits per heavy atom. The lowest BCUT2D eigenvalue weighted by molar-refractivity contribution is -0.136. The third-order valence-corrected chi connectivity index (χ3v) is 3.62. The molecule has 0 bridgehead atoms. The summed E-state index contributed by atoms with van der Waals surface area (Å²) in [5.41, 5.74) is 5.29. The van der Waals surface area contributed by atoms with Gasteiger partial charge in [-0.3, -0.25) is 14.4 Å². The summed E-state index contributed by atoms with van der Waals surface area (Å²) in [5.74, 6) is -0.856. The van der Waals surface area contributed by atoms with Crippen LogP contribution >= 0.6 is 0 Å². The lowest BCUT2D eigenvalue weighted by Crippen LogP contribution is -2.45. The van der Waals surface area contributed by atoms with Gasteiger partial charge >= 0.3 is 0 Å². The Morgan fingerprint density at radius 3 is 2.57 bits per heavy atom. The molecule has 7 nitrogen and oxygen atoms in total. The molecule has 0 saturated carbocycles. The minimum Gasteiger partial charge on any atom is -0.368 e. The van der Waals surface area contributed by atoms with Crippen molar-refractivity contribution in [3.05, 3.63) is 0 Å². The Hall–Kier alpha value is -1.92. The van der Waals surface area contributed by atoms with Crippen molar-refractivity contribution < 1.29 is 19.2 Å². The van der Waals surface area contributed by atoms with Crippen LogP contribution in [0.25, 0.3) is 0 Å². The molecule has 1 fully saturated rings. The van der Waals surface area contributed by atoms with Gasteiger partial charge in [0.2, 0.25) is 17.7 Å². The molecule has 1 aliphatic rings. The van der Waals surface area contributed by atoms with E-state index in [1.807, 2.05) is 0 Å². The third-order valence-electron chi connectivity index (χ3n) is 3.62. The van der Waals surface area contributed by atoms with Gasteiger partial charge in [-0.2, -0.15) is 0 Å². The van der Waals surface area contributed by atoms with Gasteiger partial charge in [-0.1, -0.05) is 6.92 Å². The molecule has 3 amide bonds. The minimum atomic E-state index is -0.573. The number of amides is 3. The van der Waals surface area contributed by atoms with E-state index in [0.717, 1.165) is 0 Å². The maximum Gasteiger partial charge on any atom is 0.240 e. The second-order valence-corrected chi connectivity index (χ2v) is 5.45. The number of nitrogens with zero attached hydrogens (tertiary/aromatic N) is 1. The molecule has 21 heavy (non-hydrogen) atoms. The van der Waals surface area contributed by atoms with Crippen LogP contribution in [0.2, 0.25) is 0 Å². The first kappa shape index (κ1) is 17.1. The van der Waals surface area contributed by atoms with Crippen LogP contribution < -0.4 is 11.1 Å². The number of primary amides is 1. The minimum absolute atomic E-state index is 0.0211. The van der Waals surface area contributed by atoms with Gasteiger partial charge in [0.05, 0.1) is 0 Å². The lowest BCUT2D eigenvalue weighted by atomic mass is 10.1. The number of carbonyl (C=O) groups excluding carboxylic acids is 4. The number of hydrogen-bond donors (Lipinski definition) is 2. The van der Waals surface area contributed by atoms with Crippen molar-refractivity contribution in [2.45, 2.75) is 45.6 Å². The van der Waals surface area contributed by atoms with Crippen LogP contribution in [0.15, 0.2) is 0 Å². The first-order chi connectivity index (χ1) is 9.85. The van der Waals surface area contributed by atoms with E-state index in [-0.39, 0.29) is 36.4 Å². The van der Waals surface area contributed by atoms with E-state index in [0.29, 0.717) is 25.9 Å². The second-order valence-electron chi connectivity index (χ2n) is 5.45. The van der Waals surface area contributed by atoms with Crippen molar-refractivity contribution in [3.63, 3.8) is 0 Å². The van der Waals surface area contributed by atoms with Crippen LogP contribution in [0.5, 0.6) is 0 Å². The second kappa shape index (κ2) is 7.75. The van der Waals surface area contributed by atoms with E-state index in [1.165, 1.54) is 11.8 Å². The van der Waals surface area contributed by atoms with E-state index < -0.39 is 11.9 Å². The van der Waals surface area contributed by atoms with Gasteiger partial charge in [0, 0.05) is 38.3 Å². The Balaban J connectivity index is 2.42. The number of ketones is 1. The zero-order chi connectivity index (χ0) is 16.0. The fraction of sp³-hybridized carbons (Fsp3) is 0.714. The summed E-state index contributed by atoms with van der Waals surface area (Å²) in [7, 11) is 0. The number of nitrogens with two attached hydrogens (primary N) is 1. The van der Waals surface area contributed by atoms with E-state index >= 15 is 0 Å². The summed E-state index contributed by atoms with van der Waals surface area (Å²) in [6.45, 7) is 4.04. The van der Waals surface area contributed by atoms with Gasteiger partial charge in [-0.15, -0.1) is 0 Å². The molecule has 118 valence electrons. The van der Waals surface area contributed by atoms with Crippen LogP contribution in [0.3, 0.4) is 0 Å². The first-order valence-electron chi connectivity index (χ1n) is 7.20. The molecule has 0 aliphatic carbocycles. The van der Waals surface area contributed by atoms with Crippen molar-refractivity contribution in [2.75, 3.05) is 13.1 Å². The Labute approximate surface area is 124 Å². The average molecular weight is 297 g/mol. The van der Waals surface area contributed by atoms with E-state index in [9.17, 15) is 19.2 Å². The lowest BCUT2D eigenvalue weighted by Gasteiger charge is -2.24. The molecule has 1 saturated heterocycles. The van der Waals surface area contributed by atoms with E-state index in [1.54, 1.807) is 6.92 Å². The quantitative estimate of drug-likeness (QED) is 0.634. The highest BCUT2D eigenvalue weighted by atomic mass is 16.2. The predicted molar refractivity (Wildman–Crippen MR) is 76.0 cm³/mol. The highest BCUT2D eigenvalue weighted by Crippen LogP contribution is 2.21. The number of Topliss-reactive ketones (excluding diaryl/α,β-unsaturated/α-hetero) is 1. The Morgan fingerprint density at radius 2 is 2.05 bits per heavy atom. The van der Waals surface area contributed by atoms with Crippen LogP contribution in [0, 0.1) is 5.92 Å². The molecule has 2 atom stereocenters. The number of likely N-dealkylation sites (tertiary alicyclic amines) is 1. The number of hydrogen-bond acceptors (Lipinski definition) is 4. The molecule has 1 rings (SSSR count). The van der Waals surface area contributed by atoms with Crippen molar-refractivity contribution in [3.8, 4) is 0 Å². The van der Waals surface area contributed by atoms with E-state index in [2.05, 4.69) is 5.32 Å². The SMILES string of the molecule is CC[C@H](C(N)=O)N1CC(CNC(=O)CCC(C)=O)CC1=O. The van der Waals surface area contributed by atoms with Crippen LogP contribution in [-0.2, 0) is 19.2 Å². The van der Waals surface area contributed by atoms with E-state index in [4.69, 9.17) is 5.73 Å². The fourth-order valence-electron chi connectivity index (χ4n) is 2.46. The zero-order valence-corrected chi connectivity index (χ0v) is 12.6. The average Bonchev–Trinajstić information content (AvgIpc) is 2.76. The first-order valence-corrected chi connectivity index (χ1v) is 7.20. The Kier molecular flexibility index (Phi) is 6.33. The predicted octanol–water partition coefficient (Wildman–Crippen LogP) is -0.416. The smallest absolute Gasteiger partial charge is 0.240 e. The van der Waals surface area contributed by atoms with Crippen molar-refractivity contribution in [2.24, 2.45) is 11.7 Å². The fourth-order valence-corrected chi connectivity index (χ4v) is 2.46. The summed E-state index contributed by atoms with van der Waals surface area (Å²) < 4.78 is 0. The molecule has 0 aromatic rings. The molecule has 3 N–H and O–H groups in total. The van der Waals surface area contributed by atoms with Crippen molar-refractivity contribution >= 4 is 23.5 Å². The summed E-state index contributed by atoms with van der Waals surface area (Å²) in [5, 5.41) is 2.72. The molecule has 1 aliphatic heterocycles. The molecular weight excluding hydrogens is 274 g/mol. The zero-order valence-electron chi connectivity index (χ0n) is 12.6. The molecule has 0 aromatic carbocycles. The monoisotopic (exact) mass is 297 g/mol. The number of nitrogens with one attached hydrogen (secondary N) is 1. The summed E-state index contributed by atoms with van der Waals surface area (Å²) in [6.07, 6.45) is 1.18. The highest BCUT2D eigenvalue weighted by Gasteiger charge is 2.35. The third kappa shape index (κ3) is 5.17. The number of rotatable bonds is 8. The normalized spacial score (nSPS) is 19.4. The van der Waals surface area contributed by atoms with Crippen LogP contribution in [0.1, 0.15) is 39.5 Å². The molecule has 0 radical (unpaired) electrons. The van der Waals surface area contributed by atoms with Gasteiger partial charge in [-0.05, 0) is 13.3 Å². The standard InChI is InChI=1S/C14H23N3O4/c1-3-11(14(15)21)17-8-10(6-13(17)20)7-16-12(19)5-4-9(2)18/h10-11H,3-8H2,1-2H3,(H2,15,21)(H,16,19)/t10?,11-/m1/s1. The Bertz CT molecular complexity index is 436. The molecular formula is C14H23N3O4. The van der Waals surface area contributed by atoms with Crippen LogP contribution in [0.4, 0.5) is 0 Å². The molecule has 0 aromatic heterocycles. The van der Waals surface area contributed by atoms with Crippen LogP contribution in [-0.4, -0.2) is 47.5 Å². The number of carbonyl (C=O) groups is 4. The van der Waals surface area contributed by atoms with Crippen molar-refractivity contribution in [1.82, 2.24) is 10.2 Å². The molecule has 7 heteroatoms. The van der Waals surface area contributed by atoms with Gasteiger partial charge in [-0.25, -0.2) is 0 Å². The summed E-state index contributed by atoms with van der Waals surface area (Å²) in [6, 6.07) is -0.573. The topological polar surface area (TPSA) is 110 Å². The molecule has 1 heterocycles. The highest BCUT2D eigenvalue weighted by molar-refractivity contribution is 5.88. The van der Waals surface area contributed by atoms with Gasteiger partial charge in [0.1, 0.15) is 11.8 Å². The van der Waals surface area contributed by atoms with Gasteiger partial charge < -0.3 is 20.7 Å². The largest absolute Gasteiger partial charge is 0.368 e.